The third kappa shape index (κ3) is 4.72. The van der Waals surface area contributed by atoms with Crippen LogP contribution in [0.25, 0.3) is 0 Å². The Morgan fingerprint density at radius 2 is 2.00 bits per heavy atom. The summed E-state index contributed by atoms with van der Waals surface area (Å²) in [5, 5.41) is 13.5. The summed E-state index contributed by atoms with van der Waals surface area (Å²) in [6, 6.07) is 8.92. The summed E-state index contributed by atoms with van der Waals surface area (Å²) in [6.45, 7) is 0.381. The van der Waals surface area contributed by atoms with E-state index in [1.807, 2.05) is 12.2 Å². The topological polar surface area (TPSA) is 78.6 Å². The number of likely N-dealkylation sites (N-methyl/N-ethyl adjacent to an activating group) is 1. The Morgan fingerprint density at radius 3 is 2.62 bits per heavy atom. The molecule has 3 rings (SSSR count). The van der Waals surface area contributed by atoms with E-state index in [1.54, 1.807) is 30.1 Å². The van der Waals surface area contributed by atoms with Crippen LogP contribution >= 0.6 is 23.2 Å². The van der Waals surface area contributed by atoms with E-state index in [2.05, 4.69) is 5.32 Å². The van der Waals surface area contributed by atoms with Gasteiger partial charge in [0.1, 0.15) is 5.82 Å². The normalized spacial score (nSPS) is 16.1. The number of nitrogens with zero attached hydrogens (tertiary/aromatic N) is 1. The fourth-order valence-electron chi connectivity index (χ4n) is 3.14. The number of hydrogen-bond donors (Lipinski definition) is 3. The van der Waals surface area contributed by atoms with Gasteiger partial charge in [-0.1, -0.05) is 35.3 Å². The summed E-state index contributed by atoms with van der Waals surface area (Å²) in [4.78, 5) is 12.7. The van der Waals surface area contributed by atoms with Crippen LogP contribution in [-0.4, -0.2) is 24.2 Å². The molecule has 0 bridgehead atoms. The minimum atomic E-state index is -1.18. The van der Waals surface area contributed by atoms with Crippen LogP contribution in [0.1, 0.15) is 22.3 Å². The monoisotopic (exact) mass is 435 g/mol. The Labute approximate surface area is 178 Å². The minimum absolute atomic E-state index is 0.110. The van der Waals surface area contributed by atoms with E-state index < -0.39 is 11.8 Å². The van der Waals surface area contributed by atoms with Crippen LogP contribution < -0.4 is 16.0 Å². The average Bonchev–Trinajstić information content (AvgIpc) is 2.67. The molecule has 0 fully saturated rings. The SMILES string of the molecule is CN(C1=C(NCc2c(Cl)cccc2Cl)CC(N)C=C1)c1ccc(C(=O)O)cc1F. The van der Waals surface area contributed by atoms with E-state index in [-0.39, 0.29) is 17.3 Å². The van der Waals surface area contributed by atoms with Gasteiger partial charge in [-0.25, -0.2) is 9.18 Å². The lowest BCUT2D eigenvalue weighted by molar-refractivity contribution is 0.0696. The van der Waals surface area contributed by atoms with Gasteiger partial charge < -0.3 is 21.1 Å². The molecule has 0 radical (unpaired) electrons. The fraction of sp³-hybridized carbons (Fsp3) is 0.190. The molecule has 2 aromatic carbocycles. The Hall–Kier alpha value is -2.54. The zero-order chi connectivity index (χ0) is 21.1. The molecule has 152 valence electrons. The predicted molar refractivity (Wildman–Crippen MR) is 114 cm³/mol. The van der Waals surface area contributed by atoms with Crippen molar-refractivity contribution in [2.45, 2.75) is 19.0 Å². The van der Waals surface area contributed by atoms with E-state index in [0.29, 0.717) is 23.0 Å². The highest BCUT2D eigenvalue weighted by molar-refractivity contribution is 6.35. The molecule has 0 amide bonds. The van der Waals surface area contributed by atoms with Crippen LogP contribution in [-0.2, 0) is 6.54 Å². The number of aromatic carboxylic acids is 1. The third-order valence-corrected chi connectivity index (χ3v) is 5.42. The maximum absolute atomic E-state index is 14.5. The highest BCUT2D eigenvalue weighted by atomic mass is 35.5. The first kappa shape index (κ1) is 21.2. The van der Waals surface area contributed by atoms with Gasteiger partial charge in [-0.3, -0.25) is 0 Å². The summed E-state index contributed by atoms with van der Waals surface area (Å²) in [6.07, 6.45) is 4.17. The highest BCUT2D eigenvalue weighted by Gasteiger charge is 2.20. The van der Waals surface area contributed by atoms with Crippen molar-refractivity contribution >= 4 is 34.9 Å². The van der Waals surface area contributed by atoms with Gasteiger partial charge in [-0.2, -0.15) is 0 Å². The number of carboxylic acids is 1. The third-order valence-electron chi connectivity index (χ3n) is 4.71. The molecule has 8 heteroatoms. The van der Waals surface area contributed by atoms with Crippen LogP contribution in [0.5, 0.6) is 0 Å². The average molecular weight is 436 g/mol. The number of halogens is 3. The van der Waals surface area contributed by atoms with Gasteiger partial charge in [-0.15, -0.1) is 0 Å². The lowest BCUT2D eigenvalue weighted by Crippen LogP contribution is -2.31. The molecule has 29 heavy (non-hydrogen) atoms. The molecule has 1 unspecified atom stereocenters. The lowest BCUT2D eigenvalue weighted by atomic mass is 10.0. The van der Waals surface area contributed by atoms with Crippen molar-refractivity contribution in [3.05, 3.63) is 86.9 Å². The van der Waals surface area contributed by atoms with Gasteiger partial charge >= 0.3 is 5.97 Å². The summed E-state index contributed by atoms with van der Waals surface area (Å²) in [7, 11) is 1.71. The number of allylic oxidation sites excluding steroid dienone is 1. The molecule has 4 N–H and O–H groups in total. The predicted octanol–water partition coefficient (Wildman–Crippen LogP) is 4.56. The molecule has 5 nitrogen and oxygen atoms in total. The molecule has 2 aromatic rings. The summed E-state index contributed by atoms with van der Waals surface area (Å²) in [5.74, 6) is -1.81. The van der Waals surface area contributed by atoms with Gasteiger partial charge in [-0.05, 0) is 36.4 Å². The maximum Gasteiger partial charge on any atom is 0.335 e. The second-order valence-corrected chi connectivity index (χ2v) is 7.49. The van der Waals surface area contributed by atoms with Gasteiger partial charge in [0.2, 0.25) is 0 Å². The molecular formula is C21H20Cl2FN3O2. The number of nitrogens with two attached hydrogens (primary N) is 1. The van der Waals surface area contributed by atoms with Gasteiger partial charge in [0.25, 0.3) is 0 Å². The Bertz CT molecular complexity index is 987. The first-order chi connectivity index (χ1) is 13.8. The highest BCUT2D eigenvalue weighted by Crippen LogP contribution is 2.29. The minimum Gasteiger partial charge on any atom is -0.478 e. The zero-order valence-corrected chi connectivity index (χ0v) is 17.1. The fourth-order valence-corrected chi connectivity index (χ4v) is 3.67. The van der Waals surface area contributed by atoms with E-state index in [1.165, 1.54) is 12.1 Å². The van der Waals surface area contributed by atoms with Crippen molar-refractivity contribution in [1.82, 2.24) is 5.32 Å². The molecule has 1 atom stereocenters. The second-order valence-electron chi connectivity index (χ2n) is 6.68. The number of carbonyl (C=O) groups is 1. The van der Waals surface area contributed by atoms with E-state index in [0.717, 1.165) is 23.0 Å². The van der Waals surface area contributed by atoms with Crippen LogP contribution in [0.4, 0.5) is 10.1 Å². The molecule has 0 heterocycles. The zero-order valence-electron chi connectivity index (χ0n) is 15.6. The Morgan fingerprint density at radius 1 is 1.31 bits per heavy atom. The van der Waals surface area contributed by atoms with Crippen molar-refractivity contribution in [3.8, 4) is 0 Å². The van der Waals surface area contributed by atoms with Crippen molar-refractivity contribution in [3.63, 3.8) is 0 Å². The molecule has 0 saturated carbocycles. The van der Waals surface area contributed by atoms with Crippen LogP contribution in [0.15, 0.2) is 59.9 Å². The van der Waals surface area contributed by atoms with Crippen molar-refractivity contribution in [2.75, 3.05) is 11.9 Å². The summed E-state index contributed by atoms with van der Waals surface area (Å²) >= 11 is 12.5. The number of hydrogen-bond acceptors (Lipinski definition) is 4. The smallest absolute Gasteiger partial charge is 0.335 e. The first-order valence-corrected chi connectivity index (χ1v) is 9.63. The van der Waals surface area contributed by atoms with Crippen LogP contribution in [0.2, 0.25) is 10.0 Å². The van der Waals surface area contributed by atoms with E-state index in [4.69, 9.17) is 34.0 Å². The molecule has 0 aromatic heterocycles. The molecule has 0 spiro atoms. The summed E-state index contributed by atoms with van der Waals surface area (Å²) in [5.41, 5.74) is 8.49. The number of anilines is 1. The number of carboxylic acid groups (broad SMARTS) is 1. The maximum atomic E-state index is 14.5. The lowest BCUT2D eigenvalue weighted by Gasteiger charge is -2.29. The molecule has 1 aliphatic rings. The number of rotatable bonds is 6. The first-order valence-electron chi connectivity index (χ1n) is 8.88. The number of benzene rings is 2. The second kappa shape index (κ2) is 8.86. The Balaban J connectivity index is 1.91. The van der Waals surface area contributed by atoms with Gasteiger partial charge in [0, 0.05) is 47.4 Å². The quantitative estimate of drug-likeness (QED) is 0.619. The van der Waals surface area contributed by atoms with Crippen molar-refractivity contribution in [1.29, 1.82) is 0 Å². The van der Waals surface area contributed by atoms with Crippen LogP contribution in [0, 0.1) is 5.82 Å². The van der Waals surface area contributed by atoms with Crippen molar-refractivity contribution in [2.24, 2.45) is 5.73 Å². The van der Waals surface area contributed by atoms with Crippen molar-refractivity contribution < 1.29 is 14.3 Å². The number of nitrogens with one attached hydrogen (secondary N) is 1. The molecule has 1 aliphatic carbocycles. The standard InChI is InChI=1S/C21H20Cl2FN3O2/c1-27(19-7-5-12(21(28)29)9-17(19)24)20-8-6-13(25)10-18(20)26-11-14-15(22)3-2-4-16(14)23/h2-9,13,26H,10-11,25H2,1H3,(H,28,29). The van der Waals surface area contributed by atoms with Gasteiger partial charge in [0.05, 0.1) is 16.9 Å². The molecular weight excluding hydrogens is 416 g/mol. The summed E-state index contributed by atoms with van der Waals surface area (Å²) < 4.78 is 14.5. The largest absolute Gasteiger partial charge is 0.478 e. The van der Waals surface area contributed by atoms with E-state index in [9.17, 15) is 9.18 Å². The van der Waals surface area contributed by atoms with E-state index >= 15 is 0 Å². The van der Waals surface area contributed by atoms with Crippen LogP contribution in [0.3, 0.4) is 0 Å². The Kier molecular flexibility index (Phi) is 6.47. The molecule has 0 aliphatic heterocycles. The van der Waals surface area contributed by atoms with Gasteiger partial charge in [0.15, 0.2) is 0 Å². The molecule has 0 saturated heterocycles.